The van der Waals surface area contributed by atoms with Gasteiger partial charge in [0.1, 0.15) is 48.7 Å². The van der Waals surface area contributed by atoms with Gasteiger partial charge in [0.2, 0.25) is 27.4 Å². The third-order valence-corrected chi connectivity index (χ3v) is 18.2. The summed E-state index contributed by atoms with van der Waals surface area (Å²) in [7, 11) is 4.36. The lowest BCUT2D eigenvalue weighted by molar-refractivity contribution is -0.158. The van der Waals surface area contributed by atoms with Crippen LogP contribution in [0.25, 0.3) is 0 Å². The zero-order valence-corrected chi connectivity index (χ0v) is 55.6. The van der Waals surface area contributed by atoms with Crippen LogP contribution in [-0.2, 0) is 54.1 Å². The molecule has 0 bridgehead atoms. The largest absolute Gasteiger partial charge is 0.508 e. The molecule has 0 spiro atoms. The van der Waals surface area contributed by atoms with Gasteiger partial charge >= 0.3 is 18.1 Å². The summed E-state index contributed by atoms with van der Waals surface area (Å²) in [6, 6.07) is 31.9. The quantitative estimate of drug-likeness (QED) is 0.0165. The van der Waals surface area contributed by atoms with E-state index in [-0.39, 0.29) is 36.1 Å². The monoisotopic (exact) mass is 1290 g/mol. The summed E-state index contributed by atoms with van der Waals surface area (Å²) in [4.78, 5) is 101. The first kappa shape index (κ1) is 72.4. The van der Waals surface area contributed by atoms with Gasteiger partial charge in [-0.05, 0) is 97.7 Å². The Hall–Kier alpha value is -6.31. The summed E-state index contributed by atoms with van der Waals surface area (Å²) in [5.74, 6) is -5.06. The normalized spacial score (nSPS) is 16.9. The Bertz CT molecular complexity index is 2870. The Balaban J connectivity index is 1.57. The molecule has 1 heterocycles. The van der Waals surface area contributed by atoms with Gasteiger partial charge in [0.05, 0.1) is 23.8 Å². The standard InChI is InChI=1S/C67H88Cl3N5O12S/c1-13-43(3)57(62(80)81)75(11)60(78)46(6)74(10)61(79)54(39-47-31-33-52(84-12)34-32-47)73-58(76)44(4)38-51(40-88-67(48-24-17-14-18-25-48,49-26-19-15-20-27-49)50-28-21-16-22-29-50)72-59(77)45(5)55(86-64(83)85-41-66(68,69)70)36-42(2)37-56(65(7,8)9)87-63(82)53-30-23-35-71-53/h14-22,24-29,31-34,38,42-43,45-46,51,53-57,71H,13,23,30,35-37,39-41H2,1-12H3,(H,72,77)(H,73,76)(H,80,81)/b44-38+/t42-,43-,45-,46-,51-,53-,54-,55-,56-,57-/m0/s1. The number of carbonyl (C=O) groups is 7. The highest BCUT2D eigenvalue weighted by Gasteiger charge is 2.41. The maximum absolute atomic E-state index is 15.2. The summed E-state index contributed by atoms with van der Waals surface area (Å²) >= 11 is 19.4. The van der Waals surface area contributed by atoms with Crippen molar-refractivity contribution in [3.05, 3.63) is 149 Å². The van der Waals surface area contributed by atoms with Crippen molar-refractivity contribution in [1.29, 1.82) is 0 Å². The number of likely N-dealkylation sites (N-methyl/N-ethyl adjacent to an activating group) is 2. The number of nitrogens with zero attached hydrogens (tertiary/aromatic N) is 2. The molecule has 1 aliphatic heterocycles. The number of nitrogens with one attached hydrogen (secondary N) is 3. The number of benzene rings is 4. The van der Waals surface area contributed by atoms with Gasteiger partial charge in [-0.15, -0.1) is 11.8 Å². The van der Waals surface area contributed by atoms with Crippen molar-refractivity contribution in [2.75, 3.05) is 40.1 Å². The van der Waals surface area contributed by atoms with Gasteiger partial charge in [0, 0.05) is 31.8 Å². The van der Waals surface area contributed by atoms with Crippen molar-refractivity contribution < 1.29 is 57.6 Å². The number of thioether (sulfide) groups is 1. The van der Waals surface area contributed by atoms with E-state index in [4.69, 9.17) is 53.8 Å². The van der Waals surface area contributed by atoms with Crippen LogP contribution >= 0.6 is 46.6 Å². The number of aliphatic carboxylic acids is 1. The van der Waals surface area contributed by atoms with Crippen LogP contribution in [0.4, 0.5) is 4.79 Å². The SMILES string of the molecule is CC[C@H](C)[C@@H](C(=O)O)N(C)C(=O)[C@H](C)N(C)C(=O)[C@H](Cc1ccc(OC)cc1)NC(=O)/C(C)=C/[C@@H](CSC(c1ccccc1)(c1ccccc1)c1ccccc1)NC(=O)[C@@H](C)[C@H](C[C@H](C)C[C@H](OC(=O)[C@@H]1CCCN1)C(C)(C)C)OC(=O)OCC(Cl)(Cl)Cl. The fourth-order valence-corrected chi connectivity index (χ4v) is 12.4. The van der Waals surface area contributed by atoms with Crippen LogP contribution in [0, 0.1) is 23.2 Å². The number of amides is 4. The first-order valence-corrected chi connectivity index (χ1v) is 32.0. The third kappa shape index (κ3) is 20.6. The van der Waals surface area contributed by atoms with Crippen LogP contribution in [0.1, 0.15) is 117 Å². The van der Waals surface area contributed by atoms with E-state index >= 15 is 4.79 Å². The average Bonchev–Trinajstić information content (AvgIpc) is 0.937. The van der Waals surface area contributed by atoms with Crippen molar-refractivity contribution in [2.24, 2.45) is 23.2 Å². The predicted octanol–water partition coefficient (Wildman–Crippen LogP) is 11.3. The number of hydrogen-bond acceptors (Lipinski definition) is 13. The van der Waals surface area contributed by atoms with Gasteiger partial charge in [0.15, 0.2) is 0 Å². The topological polar surface area (TPSA) is 219 Å². The summed E-state index contributed by atoms with van der Waals surface area (Å²) in [6.07, 6.45) is 1.18. The van der Waals surface area contributed by atoms with Gasteiger partial charge in [-0.3, -0.25) is 24.0 Å². The molecule has 0 unspecified atom stereocenters. The number of alkyl halides is 3. The van der Waals surface area contributed by atoms with Crippen molar-refractivity contribution >= 4 is 88.3 Å². The number of halogens is 3. The second kappa shape index (κ2) is 33.5. The first-order chi connectivity index (χ1) is 41.5. The molecule has 5 rings (SSSR count). The summed E-state index contributed by atoms with van der Waals surface area (Å²) in [6.45, 7) is 16.2. The fraction of sp³-hybridized carbons (Fsp3) is 0.507. The molecular formula is C67H88Cl3N5O12S. The predicted molar refractivity (Wildman–Crippen MR) is 346 cm³/mol. The van der Waals surface area contributed by atoms with Crippen LogP contribution < -0.4 is 20.7 Å². The fourth-order valence-electron chi connectivity index (χ4n) is 10.7. The highest BCUT2D eigenvalue weighted by Crippen LogP contribution is 2.49. The highest BCUT2D eigenvalue weighted by atomic mass is 35.6. The molecule has 0 saturated carbocycles. The lowest BCUT2D eigenvalue weighted by atomic mass is 9.81. The van der Waals surface area contributed by atoms with Gasteiger partial charge in [-0.2, -0.15) is 0 Å². The second-order valence-electron chi connectivity index (χ2n) is 24.0. The maximum Gasteiger partial charge on any atom is 0.508 e. The molecule has 480 valence electrons. The molecule has 1 aliphatic rings. The number of methoxy groups -OCH3 is 1. The van der Waals surface area contributed by atoms with Crippen molar-refractivity contribution in [1.82, 2.24) is 25.8 Å². The molecule has 4 amide bonds. The van der Waals surface area contributed by atoms with E-state index in [2.05, 4.69) is 16.0 Å². The van der Waals surface area contributed by atoms with Crippen LogP contribution in [-0.4, -0.2) is 143 Å². The number of hydrogen-bond donors (Lipinski definition) is 4. The Labute approximate surface area is 538 Å². The van der Waals surface area contributed by atoms with E-state index in [1.807, 2.05) is 126 Å². The lowest BCUT2D eigenvalue weighted by Gasteiger charge is -2.37. The van der Waals surface area contributed by atoms with E-state index < -0.39 is 111 Å². The summed E-state index contributed by atoms with van der Waals surface area (Å²) < 4.78 is 19.9. The Kier molecular flexibility index (Phi) is 27.6. The highest BCUT2D eigenvalue weighted by molar-refractivity contribution is 8.00. The van der Waals surface area contributed by atoms with Crippen LogP contribution in [0.2, 0.25) is 0 Å². The molecule has 88 heavy (non-hydrogen) atoms. The Morgan fingerprint density at radius 1 is 0.773 bits per heavy atom. The maximum atomic E-state index is 15.2. The van der Waals surface area contributed by atoms with E-state index in [0.29, 0.717) is 37.1 Å². The van der Waals surface area contributed by atoms with Crippen LogP contribution in [0.15, 0.2) is 127 Å². The van der Waals surface area contributed by atoms with E-state index in [1.165, 1.54) is 44.8 Å². The van der Waals surface area contributed by atoms with E-state index in [1.54, 1.807) is 51.1 Å². The third-order valence-electron chi connectivity index (χ3n) is 16.2. The number of carboxylic acids is 1. The number of carbonyl (C=O) groups excluding carboxylic acids is 6. The first-order valence-electron chi connectivity index (χ1n) is 29.8. The Morgan fingerprint density at radius 2 is 1.33 bits per heavy atom. The molecule has 4 N–H and O–H groups in total. The summed E-state index contributed by atoms with van der Waals surface area (Å²) in [5.41, 5.74) is 3.09. The molecule has 17 nitrogen and oxygen atoms in total. The van der Waals surface area contributed by atoms with Gasteiger partial charge < -0.3 is 49.8 Å². The van der Waals surface area contributed by atoms with Gasteiger partial charge in [-0.1, -0.05) is 199 Å². The molecule has 0 aliphatic carbocycles. The molecule has 1 saturated heterocycles. The number of rotatable bonds is 30. The second-order valence-corrected chi connectivity index (χ2v) is 27.7. The molecule has 4 aromatic carbocycles. The lowest BCUT2D eigenvalue weighted by Crippen LogP contribution is -2.57. The summed E-state index contributed by atoms with van der Waals surface area (Å²) in [5, 5.41) is 19.5. The minimum atomic E-state index is -1.97. The zero-order valence-electron chi connectivity index (χ0n) is 52.6. The molecular weight excluding hydrogens is 1210 g/mol. The molecule has 10 atom stereocenters. The van der Waals surface area contributed by atoms with E-state index in [9.17, 15) is 33.9 Å². The average molecular weight is 1290 g/mol. The Morgan fingerprint density at radius 3 is 1.81 bits per heavy atom. The zero-order chi connectivity index (χ0) is 65.1. The molecule has 0 aromatic heterocycles. The van der Waals surface area contributed by atoms with Crippen LogP contribution in [0.3, 0.4) is 0 Å². The number of carboxylic acid groups (broad SMARTS) is 1. The number of esters is 1. The van der Waals surface area contributed by atoms with Crippen molar-refractivity contribution in [3.63, 3.8) is 0 Å². The molecule has 0 radical (unpaired) electrons. The molecule has 4 aromatic rings. The van der Waals surface area contributed by atoms with Gasteiger partial charge in [0.25, 0.3) is 0 Å². The van der Waals surface area contributed by atoms with Crippen LogP contribution in [0.5, 0.6) is 5.75 Å². The minimum absolute atomic E-state index is 0.0185. The number of ether oxygens (including phenoxy) is 4. The van der Waals surface area contributed by atoms with Crippen molar-refractivity contribution in [3.8, 4) is 5.75 Å². The van der Waals surface area contributed by atoms with Crippen molar-refractivity contribution in [2.45, 2.75) is 152 Å². The minimum Gasteiger partial charge on any atom is -0.497 e. The smallest absolute Gasteiger partial charge is 0.497 e. The van der Waals surface area contributed by atoms with Gasteiger partial charge in [-0.25, -0.2) is 9.59 Å². The molecule has 1 fully saturated rings. The van der Waals surface area contributed by atoms with E-state index in [0.717, 1.165) is 28.0 Å². The molecule has 21 heteroatoms.